The van der Waals surface area contributed by atoms with Gasteiger partial charge in [0, 0.05) is 5.56 Å². The number of nitrogens with one attached hydrogen (secondary N) is 1. The minimum absolute atomic E-state index is 0.0682. The van der Waals surface area contributed by atoms with E-state index in [2.05, 4.69) is 20.0 Å². The normalized spacial score (nSPS) is 11.3. The zero-order chi connectivity index (χ0) is 19.4. The maximum absolute atomic E-state index is 12.4. The summed E-state index contributed by atoms with van der Waals surface area (Å²) in [5.74, 6) is 0.522. The van der Waals surface area contributed by atoms with Crippen molar-refractivity contribution in [3.8, 4) is 22.9 Å². The van der Waals surface area contributed by atoms with Gasteiger partial charge in [-0.15, -0.1) is 0 Å². The summed E-state index contributed by atoms with van der Waals surface area (Å²) in [5, 5.41) is 11.6. The van der Waals surface area contributed by atoms with E-state index >= 15 is 0 Å². The number of nitrogens with zero attached hydrogens (tertiary/aromatic N) is 3. The van der Waals surface area contributed by atoms with Crippen LogP contribution < -0.4 is 9.47 Å². The van der Waals surface area contributed by atoms with Crippen molar-refractivity contribution in [2.45, 2.75) is 6.61 Å². The molecule has 0 fully saturated rings. The molecule has 0 aliphatic carbocycles. The van der Waals surface area contributed by atoms with E-state index in [1.165, 1.54) is 30.1 Å². The lowest BCUT2D eigenvalue weighted by Crippen LogP contribution is -2.04. The first-order chi connectivity index (χ1) is 13.0. The van der Waals surface area contributed by atoms with Crippen LogP contribution in [0, 0.1) is 4.77 Å². The fourth-order valence-electron chi connectivity index (χ4n) is 2.30. The Bertz CT molecular complexity index is 1040. The van der Waals surface area contributed by atoms with Crippen LogP contribution in [0.4, 0.5) is 8.78 Å². The van der Waals surface area contributed by atoms with E-state index in [1.54, 1.807) is 24.3 Å². The molecule has 0 radical (unpaired) electrons. The number of aromatic amines is 1. The molecule has 6 nitrogen and oxygen atoms in total. The molecular weight excluding hydrogens is 398 g/mol. The van der Waals surface area contributed by atoms with Crippen LogP contribution in [-0.4, -0.2) is 34.8 Å². The number of alkyl halides is 2. The third-order valence-corrected chi connectivity index (χ3v) is 4.09. The highest BCUT2D eigenvalue weighted by molar-refractivity contribution is 7.71. The molecule has 0 bridgehead atoms. The van der Waals surface area contributed by atoms with Crippen molar-refractivity contribution in [3.63, 3.8) is 0 Å². The van der Waals surface area contributed by atoms with Crippen molar-refractivity contribution in [1.82, 2.24) is 14.9 Å². The Labute approximate surface area is 163 Å². The second-order valence-corrected chi connectivity index (χ2v) is 5.97. The molecule has 3 aromatic rings. The van der Waals surface area contributed by atoms with E-state index in [-0.39, 0.29) is 16.3 Å². The number of methoxy groups -OCH3 is 1. The Morgan fingerprint density at radius 2 is 2.04 bits per heavy atom. The highest BCUT2D eigenvalue weighted by Crippen LogP contribution is 2.29. The van der Waals surface area contributed by atoms with Crippen molar-refractivity contribution in [2.75, 3.05) is 7.11 Å². The summed E-state index contributed by atoms with van der Waals surface area (Å²) >= 11 is 11.4. The van der Waals surface area contributed by atoms with Gasteiger partial charge < -0.3 is 9.47 Å². The first-order valence-corrected chi connectivity index (χ1v) is 8.37. The maximum atomic E-state index is 12.4. The van der Waals surface area contributed by atoms with Crippen LogP contribution >= 0.6 is 23.8 Å². The molecule has 3 rings (SSSR count). The minimum Gasteiger partial charge on any atom is -0.493 e. The van der Waals surface area contributed by atoms with Crippen molar-refractivity contribution < 1.29 is 18.3 Å². The second-order valence-electron chi connectivity index (χ2n) is 5.18. The average molecular weight is 411 g/mol. The maximum Gasteiger partial charge on any atom is 0.387 e. The lowest BCUT2D eigenvalue weighted by molar-refractivity contribution is -0.0512. The quantitative estimate of drug-likeness (QED) is 0.470. The third-order valence-electron chi connectivity index (χ3n) is 3.49. The van der Waals surface area contributed by atoms with Crippen molar-refractivity contribution in [1.29, 1.82) is 0 Å². The van der Waals surface area contributed by atoms with E-state index in [4.69, 9.17) is 28.6 Å². The smallest absolute Gasteiger partial charge is 0.387 e. The van der Waals surface area contributed by atoms with Crippen LogP contribution in [-0.2, 0) is 0 Å². The molecule has 27 heavy (non-hydrogen) atoms. The molecule has 1 heterocycles. The standard InChI is InChI=1S/C17H13ClF2N4O2S/c1-25-14-8-10(6-7-13(14)26-16(19)20)9-21-24-15(22-23-17(24)27)11-4-2-3-5-12(11)18/h2-9,16H,1H3,(H,23,27)/b21-9-. The van der Waals surface area contributed by atoms with Crippen LogP contribution in [0.1, 0.15) is 5.56 Å². The Hall–Kier alpha value is -2.78. The Kier molecular flexibility index (Phi) is 5.82. The lowest BCUT2D eigenvalue weighted by atomic mass is 10.2. The van der Waals surface area contributed by atoms with E-state index in [0.29, 0.717) is 22.0 Å². The molecule has 0 spiro atoms. The summed E-state index contributed by atoms with van der Waals surface area (Å²) in [4.78, 5) is 0. The number of hydrogen-bond donors (Lipinski definition) is 1. The summed E-state index contributed by atoms with van der Waals surface area (Å²) in [6.07, 6.45) is 1.49. The van der Waals surface area contributed by atoms with Crippen LogP contribution in [0.5, 0.6) is 11.5 Å². The zero-order valence-corrected chi connectivity index (χ0v) is 15.5. The summed E-state index contributed by atoms with van der Waals surface area (Å²) in [7, 11) is 1.36. The van der Waals surface area contributed by atoms with Crippen LogP contribution in [0.15, 0.2) is 47.6 Å². The molecular formula is C17H13ClF2N4O2S. The largest absolute Gasteiger partial charge is 0.493 e. The van der Waals surface area contributed by atoms with E-state index in [1.807, 2.05) is 6.07 Å². The predicted molar refractivity (Wildman–Crippen MR) is 100 cm³/mol. The van der Waals surface area contributed by atoms with Gasteiger partial charge >= 0.3 is 6.61 Å². The Balaban J connectivity index is 1.95. The number of aromatic nitrogens is 3. The monoisotopic (exact) mass is 410 g/mol. The lowest BCUT2D eigenvalue weighted by Gasteiger charge is -2.10. The molecule has 2 aromatic carbocycles. The fourth-order valence-corrected chi connectivity index (χ4v) is 2.70. The summed E-state index contributed by atoms with van der Waals surface area (Å²) in [6.45, 7) is -2.94. The molecule has 1 N–H and O–H groups in total. The zero-order valence-electron chi connectivity index (χ0n) is 13.9. The van der Waals surface area contributed by atoms with Gasteiger partial charge in [0.25, 0.3) is 0 Å². The number of ether oxygens (including phenoxy) is 2. The predicted octanol–water partition coefficient (Wildman–Crippen LogP) is 4.75. The molecule has 0 atom stereocenters. The van der Waals surface area contributed by atoms with E-state index in [9.17, 15) is 8.78 Å². The van der Waals surface area contributed by atoms with Crippen LogP contribution in [0.25, 0.3) is 11.4 Å². The Morgan fingerprint density at radius 3 is 2.74 bits per heavy atom. The number of H-pyrrole nitrogens is 1. The van der Waals surface area contributed by atoms with Gasteiger partial charge in [-0.2, -0.15) is 23.7 Å². The van der Waals surface area contributed by atoms with E-state index in [0.717, 1.165) is 0 Å². The summed E-state index contributed by atoms with van der Waals surface area (Å²) in [6, 6.07) is 11.6. The molecule has 1 aromatic heterocycles. The first-order valence-electron chi connectivity index (χ1n) is 7.59. The molecule has 0 unspecified atom stereocenters. The van der Waals surface area contributed by atoms with Crippen molar-refractivity contribution >= 4 is 30.0 Å². The SMILES string of the molecule is COc1cc(/C=N\n2c(-c3ccccc3Cl)n[nH]c2=S)ccc1OC(F)F. The van der Waals surface area contributed by atoms with Crippen LogP contribution in [0.3, 0.4) is 0 Å². The van der Waals surface area contributed by atoms with Gasteiger partial charge in [-0.3, -0.25) is 0 Å². The van der Waals surface area contributed by atoms with E-state index < -0.39 is 6.61 Å². The molecule has 0 saturated carbocycles. The molecule has 10 heteroatoms. The van der Waals surface area contributed by atoms with Gasteiger partial charge in [-0.25, -0.2) is 5.10 Å². The number of halogens is 3. The van der Waals surface area contributed by atoms with Gasteiger partial charge in [-0.05, 0) is 48.1 Å². The second kappa shape index (κ2) is 8.28. The molecule has 0 saturated heterocycles. The van der Waals surface area contributed by atoms with Crippen LogP contribution in [0.2, 0.25) is 5.02 Å². The highest BCUT2D eigenvalue weighted by Gasteiger charge is 2.12. The Morgan fingerprint density at radius 1 is 1.26 bits per heavy atom. The van der Waals surface area contributed by atoms with Gasteiger partial charge in [0.15, 0.2) is 17.3 Å². The van der Waals surface area contributed by atoms with Gasteiger partial charge in [0.05, 0.1) is 18.3 Å². The van der Waals surface area contributed by atoms with Gasteiger partial charge in [0.1, 0.15) is 0 Å². The average Bonchev–Trinajstić information content (AvgIpc) is 3.01. The molecule has 0 aliphatic rings. The topological polar surface area (TPSA) is 64.4 Å². The molecule has 0 amide bonds. The van der Waals surface area contributed by atoms with Crippen molar-refractivity contribution in [2.24, 2.45) is 5.10 Å². The van der Waals surface area contributed by atoms with Gasteiger partial charge in [-0.1, -0.05) is 23.7 Å². The third kappa shape index (κ3) is 4.32. The molecule has 0 aliphatic heterocycles. The minimum atomic E-state index is -2.94. The highest BCUT2D eigenvalue weighted by atomic mass is 35.5. The first kappa shape index (κ1) is 19.0. The van der Waals surface area contributed by atoms with Crippen molar-refractivity contribution in [3.05, 3.63) is 57.8 Å². The fraction of sp³-hybridized carbons (Fsp3) is 0.118. The number of rotatable bonds is 6. The number of hydrogen-bond acceptors (Lipinski definition) is 5. The van der Waals surface area contributed by atoms with Gasteiger partial charge in [0.2, 0.25) is 4.77 Å². The summed E-state index contributed by atoms with van der Waals surface area (Å²) in [5.41, 5.74) is 1.24. The molecule has 140 valence electrons. The summed E-state index contributed by atoms with van der Waals surface area (Å²) < 4.78 is 36.0. The number of benzene rings is 2.